The van der Waals surface area contributed by atoms with Gasteiger partial charge in [-0.3, -0.25) is 4.90 Å². The van der Waals surface area contributed by atoms with E-state index in [1.807, 2.05) is 0 Å². The molecule has 9 heavy (non-hydrogen) atoms. The fourth-order valence-corrected chi connectivity index (χ4v) is 1.89. The van der Waals surface area contributed by atoms with Crippen molar-refractivity contribution in [3.05, 3.63) is 0 Å². The van der Waals surface area contributed by atoms with E-state index in [1.165, 1.54) is 25.9 Å². The Kier molecular flexibility index (Phi) is 2.99. The van der Waals surface area contributed by atoms with Crippen molar-refractivity contribution in [1.82, 2.24) is 4.90 Å². The molecule has 0 saturated carbocycles. The number of likely N-dealkylation sites (tertiary alicyclic amines) is 1. The summed E-state index contributed by atoms with van der Waals surface area (Å²) < 4.78 is 0. The molecular weight excluding hydrogens is 178 g/mol. The molecule has 1 aliphatic rings. The van der Waals surface area contributed by atoms with Crippen LogP contribution < -0.4 is 0 Å². The van der Waals surface area contributed by atoms with E-state index in [-0.39, 0.29) is 0 Å². The molecule has 1 rings (SSSR count). The molecule has 2 heteroatoms. The van der Waals surface area contributed by atoms with Crippen LogP contribution in [0, 0.1) is 0 Å². The first-order chi connectivity index (χ1) is 4.34. The number of alkyl halides is 1. The summed E-state index contributed by atoms with van der Waals surface area (Å²) in [6.45, 7) is 4.85. The van der Waals surface area contributed by atoms with Crippen LogP contribution in [0.5, 0.6) is 0 Å². The van der Waals surface area contributed by atoms with Crippen LogP contribution in [-0.2, 0) is 0 Å². The molecule has 0 aliphatic carbocycles. The molecule has 0 aromatic heterocycles. The quantitative estimate of drug-likeness (QED) is 0.603. The standard InChI is InChI=1S/C7H14BrN/c1-7-3-2-5-9(7)6-4-8/h7H,2-6H2,1H3. The largest absolute Gasteiger partial charge is 0.300 e. The number of rotatable bonds is 2. The van der Waals surface area contributed by atoms with E-state index in [0.717, 1.165) is 11.4 Å². The molecule has 1 saturated heterocycles. The summed E-state index contributed by atoms with van der Waals surface area (Å²) in [7, 11) is 0. The van der Waals surface area contributed by atoms with E-state index in [0.29, 0.717) is 0 Å². The van der Waals surface area contributed by atoms with Crippen LogP contribution >= 0.6 is 15.9 Å². The maximum absolute atomic E-state index is 3.45. The molecule has 1 atom stereocenters. The van der Waals surface area contributed by atoms with E-state index < -0.39 is 0 Å². The minimum absolute atomic E-state index is 0.836. The molecule has 54 valence electrons. The molecule has 0 N–H and O–H groups in total. The molecule has 1 nitrogen and oxygen atoms in total. The van der Waals surface area contributed by atoms with Gasteiger partial charge in [0, 0.05) is 17.9 Å². The van der Waals surface area contributed by atoms with Crippen molar-refractivity contribution in [3.63, 3.8) is 0 Å². The fraction of sp³-hybridized carbons (Fsp3) is 1.00. The SMILES string of the molecule is CC1CCCN1CCBr. The molecule has 0 bridgehead atoms. The zero-order valence-electron chi connectivity index (χ0n) is 5.94. The van der Waals surface area contributed by atoms with E-state index in [4.69, 9.17) is 0 Å². The van der Waals surface area contributed by atoms with E-state index in [9.17, 15) is 0 Å². The van der Waals surface area contributed by atoms with Crippen LogP contribution in [0.15, 0.2) is 0 Å². The lowest BCUT2D eigenvalue weighted by molar-refractivity contribution is 0.287. The van der Waals surface area contributed by atoms with Crippen molar-refractivity contribution >= 4 is 15.9 Å². The van der Waals surface area contributed by atoms with Crippen molar-refractivity contribution < 1.29 is 0 Å². The summed E-state index contributed by atoms with van der Waals surface area (Å²) in [6.07, 6.45) is 2.79. The monoisotopic (exact) mass is 191 g/mol. The number of hydrogen-bond donors (Lipinski definition) is 0. The lowest BCUT2D eigenvalue weighted by Gasteiger charge is -2.18. The molecular formula is C7H14BrN. The molecule has 1 aliphatic heterocycles. The van der Waals surface area contributed by atoms with Crippen LogP contribution in [0.1, 0.15) is 19.8 Å². The van der Waals surface area contributed by atoms with Crippen LogP contribution in [-0.4, -0.2) is 29.4 Å². The molecule has 0 amide bonds. The van der Waals surface area contributed by atoms with Gasteiger partial charge in [-0.2, -0.15) is 0 Å². The Morgan fingerprint density at radius 1 is 1.67 bits per heavy atom. The molecule has 1 heterocycles. The van der Waals surface area contributed by atoms with Gasteiger partial charge in [-0.25, -0.2) is 0 Å². The Morgan fingerprint density at radius 2 is 2.44 bits per heavy atom. The van der Waals surface area contributed by atoms with E-state index in [2.05, 4.69) is 27.8 Å². The van der Waals surface area contributed by atoms with Gasteiger partial charge >= 0.3 is 0 Å². The van der Waals surface area contributed by atoms with Crippen molar-refractivity contribution in [2.45, 2.75) is 25.8 Å². The molecule has 0 spiro atoms. The normalized spacial score (nSPS) is 29.3. The second-order valence-electron chi connectivity index (χ2n) is 2.72. The summed E-state index contributed by atoms with van der Waals surface area (Å²) in [6, 6.07) is 0.836. The van der Waals surface area contributed by atoms with E-state index in [1.54, 1.807) is 0 Å². The van der Waals surface area contributed by atoms with Crippen molar-refractivity contribution in [2.75, 3.05) is 18.4 Å². The van der Waals surface area contributed by atoms with E-state index >= 15 is 0 Å². The summed E-state index contributed by atoms with van der Waals surface area (Å²) >= 11 is 3.45. The first-order valence-corrected chi connectivity index (χ1v) is 4.76. The third kappa shape index (κ3) is 1.94. The second kappa shape index (κ2) is 3.57. The van der Waals surface area contributed by atoms with Crippen LogP contribution in [0.4, 0.5) is 0 Å². The topological polar surface area (TPSA) is 3.24 Å². The fourth-order valence-electron chi connectivity index (χ4n) is 1.43. The Hall–Kier alpha value is 0.440. The first kappa shape index (κ1) is 7.55. The van der Waals surface area contributed by atoms with Gasteiger partial charge in [0.15, 0.2) is 0 Å². The Labute approximate surface area is 65.6 Å². The zero-order valence-corrected chi connectivity index (χ0v) is 7.52. The van der Waals surface area contributed by atoms with Gasteiger partial charge < -0.3 is 0 Å². The predicted molar refractivity (Wildman–Crippen MR) is 44.1 cm³/mol. The van der Waals surface area contributed by atoms with Crippen LogP contribution in [0.3, 0.4) is 0 Å². The molecule has 0 aromatic carbocycles. The lowest BCUT2D eigenvalue weighted by atomic mass is 10.2. The Balaban J connectivity index is 2.22. The van der Waals surface area contributed by atoms with Crippen molar-refractivity contribution in [1.29, 1.82) is 0 Å². The smallest absolute Gasteiger partial charge is 0.0159 e. The zero-order chi connectivity index (χ0) is 6.69. The van der Waals surface area contributed by atoms with Gasteiger partial charge in [0.2, 0.25) is 0 Å². The number of halogens is 1. The number of hydrogen-bond acceptors (Lipinski definition) is 1. The molecule has 0 radical (unpaired) electrons. The summed E-state index contributed by atoms with van der Waals surface area (Å²) in [5, 5.41) is 1.12. The average Bonchev–Trinajstić information content (AvgIpc) is 2.18. The summed E-state index contributed by atoms with van der Waals surface area (Å²) in [5.74, 6) is 0. The highest BCUT2D eigenvalue weighted by molar-refractivity contribution is 9.09. The maximum Gasteiger partial charge on any atom is 0.0159 e. The van der Waals surface area contributed by atoms with Crippen LogP contribution in [0.2, 0.25) is 0 Å². The summed E-state index contributed by atoms with van der Waals surface area (Å²) in [5.41, 5.74) is 0. The van der Waals surface area contributed by atoms with Gasteiger partial charge in [0.1, 0.15) is 0 Å². The van der Waals surface area contributed by atoms with Gasteiger partial charge in [-0.1, -0.05) is 15.9 Å². The lowest BCUT2D eigenvalue weighted by Crippen LogP contribution is -2.28. The highest BCUT2D eigenvalue weighted by Gasteiger charge is 2.18. The third-order valence-corrected chi connectivity index (χ3v) is 2.42. The number of nitrogens with zero attached hydrogens (tertiary/aromatic N) is 1. The predicted octanol–water partition coefficient (Wildman–Crippen LogP) is 1.87. The van der Waals surface area contributed by atoms with Crippen molar-refractivity contribution in [3.8, 4) is 0 Å². The Morgan fingerprint density at radius 3 is 2.89 bits per heavy atom. The van der Waals surface area contributed by atoms with Crippen molar-refractivity contribution in [2.24, 2.45) is 0 Å². The average molecular weight is 192 g/mol. The minimum atomic E-state index is 0.836. The minimum Gasteiger partial charge on any atom is -0.300 e. The highest BCUT2D eigenvalue weighted by atomic mass is 79.9. The van der Waals surface area contributed by atoms with Gasteiger partial charge in [-0.15, -0.1) is 0 Å². The van der Waals surface area contributed by atoms with Crippen LogP contribution in [0.25, 0.3) is 0 Å². The first-order valence-electron chi connectivity index (χ1n) is 3.64. The van der Waals surface area contributed by atoms with Gasteiger partial charge in [-0.05, 0) is 26.3 Å². The van der Waals surface area contributed by atoms with Gasteiger partial charge in [0.25, 0.3) is 0 Å². The van der Waals surface area contributed by atoms with Gasteiger partial charge in [0.05, 0.1) is 0 Å². The molecule has 0 aromatic rings. The second-order valence-corrected chi connectivity index (χ2v) is 3.51. The maximum atomic E-state index is 3.45. The highest BCUT2D eigenvalue weighted by Crippen LogP contribution is 2.15. The summed E-state index contributed by atoms with van der Waals surface area (Å²) in [4.78, 5) is 2.54. The molecule has 1 unspecified atom stereocenters. The Bertz CT molecular complexity index is 85.0. The molecule has 1 fully saturated rings. The third-order valence-electron chi connectivity index (χ3n) is 2.06.